The van der Waals surface area contributed by atoms with Gasteiger partial charge in [-0.15, -0.1) is 0 Å². The number of unbranched alkanes of at least 4 members (excludes halogenated alkanes) is 1. The van der Waals surface area contributed by atoms with Gasteiger partial charge in [-0.25, -0.2) is 4.79 Å². The molecule has 0 aromatic heterocycles. The summed E-state index contributed by atoms with van der Waals surface area (Å²) in [4.78, 5) is 32.8. The first-order valence-electron chi connectivity index (χ1n) is 10.6. The highest BCUT2D eigenvalue weighted by molar-refractivity contribution is 5.97. The third-order valence-corrected chi connectivity index (χ3v) is 4.99. The highest BCUT2D eigenvalue weighted by Gasteiger charge is 2.41. The number of methoxy groups -OCH3 is 2. The fourth-order valence-electron chi connectivity index (χ4n) is 3.19. The van der Waals surface area contributed by atoms with Gasteiger partial charge in [-0.05, 0) is 42.5 Å². The fourth-order valence-corrected chi connectivity index (χ4v) is 3.19. The Hall–Kier alpha value is -3.23. The van der Waals surface area contributed by atoms with Gasteiger partial charge in [0.15, 0.2) is 17.3 Å². The van der Waals surface area contributed by atoms with Gasteiger partial charge in [-0.1, -0.05) is 43.7 Å². The number of hydrogen-bond donors (Lipinski definition) is 3. The van der Waals surface area contributed by atoms with Crippen molar-refractivity contribution in [3.05, 3.63) is 54.1 Å². The molecule has 0 aliphatic heterocycles. The van der Waals surface area contributed by atoms with Gasteiger partial charge >= 0.3 is 5.97 Å². The number of ether oxygens (including phenoxy) is 2. The molecule has 1 fully saturated rings. The molecule has 1 aromatic rings. The van der Waals surface area contributed by atoms with Crippen LogP contribution in [0, 0.1) is 11.8 Å². The van der Waals surface area contributed by atoms with E-state index in [1.165, 1.54) is 13.2 Å². The lowest BCUT2D eigenvalue weighted by Crippen LogP contribution is -2.47. The smallest absolute Gasteiger partial charge is 0.328 e. The van der Waals surface area contributed by atoms with Crippen molar-refractivity contribution >= 4 is 24.1 Å². The van der Waals surface area contributed by atoms with Crippen molar-refractivity contribution in [2.24, 2.45) is 11.8 Å². The molecule has 3 N–H and O–H groups in total. The molecule has 0 bridgehead atoms. The van der Waals surface area contributed by atoms with Gasteiger partial charge in [-0.2, -0.15) is 0 Å². The molecule has 0 radical (unpaired) electrons. The summed E-state index contributed by atoms with van der Waals surface area (Å²) in [6.45, 7) is 2.08. The maximum atomic E-state index is 11.6. The Morgan fingerprint density at radius 2 is 1.85 bits per heavy atom. The Balaban J connectivity index is 0.000000335. The van der Waals surface area contributed by atoms with Crippen LogP contribution in [0.5, 0.6) is 11.5 Å². The predicted octanol–water partition coefficient (Wildman–Crippen LogP) is 2.83. The van der Waals surface area contributed by atoms with Crippen LogP contribution in [-0.4, -0.2) is 59.8 Å². The molecule has 8 heteroatoms. The third-order valence-electron chi connectivity index (χ3n) is 4.99. The van der Waals surface area contributed by atoms with Crippen molar-refractivity contribution in [3.8, 4) is 11.5 Å². The summed E-state index contributed by atoms with van der Waals surface area (Å²) in [6.07, 6.45) is 10.3. The first kappa shape index (κ1) is 27.8. The molecular formula is C25H32O8. The van der Waals surface area contributed by atoms with E-state index in [-0.39, 0.29) is 12.3 Å². The zero-order valence-electron chi connectivity index (χ0n) is 19.1. The molecule has 0 saturated heterocycles. The first-order chi connectivity index (χ1) is 15.8. The van der Waals surface area contributed by atoms with Crippen LogP contribution in [0.15, 0.2) is 48.6 Å². The monoisotopic (exact) mass is 460 g/mol. The molecule has 1 aliphatic rings. The van der Waals surface area contributed by atoms with E-state index >= 15 is 0 Å². The number of aldehydes is 1. The number of ketones is 1. The third kappa shape index (κ3) is 9.03. The van der Waals surface area contributed by atoms with Gasteiger partial charge in [0.05, 0.1) is 26.2 Å². The zero-order chi connectivity index (χ0) is 24.8. The summed E-state index contributed by atoms with van der Waals surface area (Å²) in [7, 11) is 3.08. The van der Waals surface area contributed by atoms with Gasteiger partial charge in [0.1, 0.15) is 12.4 Å². The van der Waals surface area contributed by atoms with E-state index in [2.05, 4.69) is 6.92 Å². The van der Waals surface area contributed by atoms with Crippen molar-refractivity contribution in [2.75, 3.05) is 14.2 Å². The van der Waals surface area contributed by atoms with Crippen molar-refractivity contribution in [1.82, 2.24) is 0 Å². The molecule has 0 amide bonds. The average molecular weight is 461 g/mol. The second-order valence-electron chi connectivity index (χ2n) is 7.36. The SMILES string of the molecule is CCCC=CC=CC1CC(O)C(O)C(=O)C1C=O.COc1ccc(C=CC(=O)O)cc1OC. The zero-order valence-corrected chi connectivity index (χ0v) is 19.1. The van der Waals surface area contributed by atoms with Gasteiger partial charge in [0, 0.05) is 6.08 Å². The van der Waals surface area contributed by atoms with E-state index in [9.17, 15) is 24.6 Å². The maximum Gasteiger partial charge on any atom is 0.328 e. The summed E-state index contributed by atoms with van der Waals surface area (Å²) < 4.78 is 10.1. The number of benzene rings is 1. The Morgan fingerprint density at radius 3 is 2.42 bits per heavy atom. The van der Waals surface area contributed by atoms with Crippen LogP contribution in [-0.2, 0) is 14.4 Å². The number of aliphatic hydroxyl groups excluding tert-OH is 2. The molecule has 2 rings (SSSR count). The second-order valence-corrected chi connectivity index (χ2v) is 7.36. The molecule has 180 valence electrons. The van der Waals surface area contributed by atoms with E-state index in [0.717, 1.165) is 24.5 Å². The molecule has 8 nitrogen and oxygen atoms in total. The van der Waals surface area contributed by atoms with Crippen LogP contribution < -0.4 is 9.47 Å². The maximum absolute atomic E-state index is 11.6. The number of rotatable bonds is 9. The van der Waals surface area contributed by atoms with Gasteiger partial charge in [0.25, 0.3) is 0 Å². The first-order valence-corrected chi connectivity index (χ1v) is 10.6. The quantitative estimate of drug-likeness (QED) is 0.222. The minimum atomic E-state index is -1.43. The van der Waals surface area contributed by atoms with Crippen molar-refractivity contribution in [1.29, 1.82) is 0 Å². The average Bonchev–Trinajstić information content (AvgIpc) is 2.81. The van der Waals surface area contributed by atoms with Crippen LogP contribution >= 0.6 is 0 Å². The van der Waals surface area contributed by atoms with Crippen LogP contribution in [0.2, 0.25) is 0 Å². The van der Waals surface area contributed by atoms with Crippen LogP contribution in [0.4, 0.5) is 0 Å². The number of carbonyl (C=O) groups is 3. The van der Waals surface area contributed by atoms with Gasteiger partial charge in [0.2, 0.25) is 0 Å². The second kappa shape index (κ2) is 14.8. The minimum absolute atomic E-state index is 0.231. The molecule has 33 heavy (non-hydrogen) atoms. The molecule has 4 unspecified atom stereocenters. The fraction of sp³-hybridized carbons (Fsp3) is 0.400. The normalized spacial score (nSPS) is 22.9. The summed E-state index contributed by atoms with van der Waals surface area (Å²) in [5.41, 5.74) is 0.745. The lowest BCUT2D eigenvalue weighted by Gasteiger charge is -2.31. The Bertz CT molecular complexity index is 871. The summed E-state index contributed by atoms with van der Waals surface area (Å²) in [5.74, 6) is -1.56. The summed E-state index contributed by atoms with van der Waals surface area (Å²) in [6, 6.07) is 5.18. The molecule has 1 aliphatic carbocycles. The molecule has 0 spiro atoms. The number of aliphatic carboxylic acids is 1. The lowest BCUT2D eigenvalue weighted by atomic mass is 9.76. The molecule has 4 atom stereocenters. The Labute approximate surface area is 193 Å². The number of aliphatic hydroxyl groups is 2. The highest BCUT2D eigenvalue weighted by Crippen LogP contribution is 2.28. The van der Waals surface area contributed by atoms with Crippen LogP contribution in [0.25, 0.3) is 6.08 Å². The van der Waals surface area contributed by atoms with E-state index in [1.54, 1.807) is 37.5 Å². The topological polar surface area (TPSA) is 130 Å². The summed E-state index contributed by atoms with van der Waals surface area (Å²) in [5, 5.41) is 27.4. The van der Waals surface area contributed by atoms with Gasteiger partial charge < -0.3 is 29.6 Å². The number of Topliss-reactive ketones (excluding diaryl/α,β-unsaturated/α-hetero) is 1. The van der Waals surface area contributed by atoms with Gasteiger partial charge in [-0.3, -0.25) is 4.79 Å². The van der Waals surface area contributed by atoms with E-state index in [1.807, 2.05) is 12.2 Å². The lowest BCUT2D eigenvalue weighted by molar-refractivity contribution is -0.146. The molecule has 1 saturated carbocycles. The van der Waals surface area contributed by atoms with E-state index in [4.69, 9.17) is 14.6 Å². The predicted molar refractivity (Wildman–Crippen MR) is 124 cm³/mol. The van der Waals surface area contributed by atoms with E-state index in [0.29, 0.717) is 17.8 Å². The van der Waals surface area contributed by atoms with Crippen LogP contribution in [0.1, 0.15) is 31.7 Å². The largest absolute Gasteiger partial charge is 0.493 e. The molecule has 1 aromatic carbocycles. The number of carboxylic acids is 1. The Morgan fingerprint density at radius 1 is 1.15 bits per heavy atom. The summed E-state index contributed by atoms with van der Waals surface area (Å²) >= 11 is 0. The molecule has 0 heterocycles. The number of carbonyl (C=O) groups excluding carboxylic acids is 2. The van der Waals surface area contributed by atoms with Crippen molar-refractivity contribution < 1.29 is 39.2 Å². The molecular weight excluding hydrogens is 428 g/mol. The van der Waals surface area contributed by atoms with Crippen LogP contribution in [0.3, 0.4) is 0 Å². The minimum Gasteiger partial charge on any atom is -0.493 e. The number of allylic oxidation sites excluding steroid dienone is 4. The highest BCUT2D eigenvalue weighted by atomic mass is 16.5. The van der Waals surface area contributed by atoms with Crippen molar-refractivity contribution in [3.63, 3.8) is 0 Å². The number of carboxylic acid groups (broad SMARTS) is 1. The Kier molecular flexibility index (Phi) is 12.4. The standard InChI is InChI=1S/C14H20O4.C11H12O4/c1-2-3-4-5-6-7-10-8-12(16)14(18)13(17)11(10)9-15;1-14-9-5-3-8(4-6-11(12)13)7-10(9)15-2/h4-7,9-12,14,16,18H,2-3,8H2,1H3;3-7H,1-2H3,(H,12,13). The number of hydrogen-bond acceptors (Lipinski definition) is 7. The van der Waals surface area contributed by atoms with Crippen molar-refractivity contribution in [2.45, 2.75) is 38.4 Å². The van der Waals surface area contributed by atoms with E-state index < -0.39 is 29.9 Å².